The van der Waals surface area contributed by atoms with E-state index in [4.69, 9.17) is 4.42 Å². The highest BCUT2D eigenvalue weighted by Gasteiger charge is 2.56. The van der Waals surface area contributed by atoms with Crippen LogP contribution in [0.2, 0.25) is 0 Å². The van der Waals surface area contributed by atoms with E-state index in [1.165, 1.54) is 12.1 Å². The predicted molar refractivity (Wildman–Crippen MR) is 77.1 cm³/mol. The molecule has 0 spiro atoms. The molecule has 5 rings (SSSR count). The zero-order valence-corrected chi connectivity index (χ0v) is 12.0. The lowest BCUT2D eigenvalue weighted by Gasteiger charge is -2.37. The minimum Gasteiger partial charge on any atom is -0.400 e. The summed E-state index contributed by atoms with van der Waals surface area (Å²) < 4.78 is 4.94. The highest BCUT2D eigenvalue weighted by Crippen LogP contribution is 2.49. The van der Waals surface area contributed by atoms with Crippen LogP contribution in [-0.4, -0.2) is 28.0 Å². The number of amides is 2. The van der Waals surface area contributed by atoms with Crippen molar-refractivity contribution in [3.05, 3.63) is 40.2 Å². The van der Waals surface area contributed by atoms with Crippen molar-refractivity contribution in [2.75, 3.05) is 0 Å². The van der Waals surface area contributed by atoms with Crippen LogP contribution >= 0.6 is 0 Å². The highest BCUT2D eigenvalue weighted by atomic mass is 16.6. The molecule has 1 saturated carbocycles. The summed E-state index contributed by atoms with van der Waals surface area (Å²) in [5.74, 6) is -1.33. The number of carbonyl (C=O) groups excluding carboxylic acids is 2. The quantitative estimate of drug-likeness (QED) is 0.277. The fourth-order valence-electron chi connectivity index (χ4n) is 3.80. The van der Waals surface area contributed by atoms with Crippen LogP contribution in [0.3, 0.4) is 0 Å². The van der Waals surface area contributed by atoms with Gasteiger partial charge in [0.25, 0.3) is 11.8 Å². The maximum absolute atomic E-state index is 12.5. The first-order chi connectivity index (χ1) is 11.1. The fraction of sp³-hybridized carbons (Fsp3) is 0.400. The lowest BCUT2D eigenvalue weighted by atomic mass is 9.63. The minimum absolute atomic E-state index is 0.103. The van der Waals surface area contributed by atoms with E-state index >= 15 is 0 Å². The first-order valence-electron chi connectivity index (χ1n) is 7.40. The van der Waals surface area contributed by atoms with Gasteiger partial charge in [-0.15, -0.1) is 0 Å². The molecule has 2 bridgehead atoms. The Morgan fingerprint density at radius 3 is 2.26 bits per heavy atom. The molecule has 23 heavy (non-hydrogen) atoms. The smallest absolute Gasteiger partial charge is 0.400 e. The number of hydrogen-bond acceptors (Lipinski definition) is 6. The number of rotatable bonds is 3. The Morgan fingerprint density at radius 2 is 1.78 bits per heavy atom. The molecule has 2 amide bonds. The molecule has 0 N–H and O–H groups in total. The second-order valence-electron chi connectivity index (χ2n) is 6.01. The number of carbonyl (C=O) groups is 2. The van der Waals surface area contributed by atoms with Crippen molar-refractivity contribution in [2.45, 2.75) is 12.8 Å². The van der Waals surface area contributed by atoms with Crippen LogP contribution in [0.4, 0.5) is 5.88 Å². The van der Waals surface area contributed by atoms with Crippen molar-refractivity contribution in [3.8, 4) is 0 Å². The molecule has 2 heterocycles. The summed E-state index contributed by atoms with van der Waals surface area (Å²) in [5, 5.41) is 15.4. The monoisotopic (exact) mass is 315 g/mol. The molecule has 0 unspecified atom stereocenters. The molecule has 1 aliphatic heterocycles. The van der Waals surface area contributed by atoms with Gasteiger partial charge in [0.05, 0.1) is 24.1 Å². The van der Waals surface area contributed by atoms with E-state index in [-0.39, 0.29) is 41.2 Å². The van der Waals surface area contributed by atoms with Gasteiger partial charge >= 0.3 is 5.88 Å². The number of furan rings is 1. The Labute approximate surface area is 130 Å². The number of hydrazone groups is 1. The van der Waals surface area contributed by atoms with Crippen molar-refractivity contribution in [1.82, 2.24) is 5.01 Å². The Morgan fingerprint density at radius 1 is 1.17 bits per heavy atom. The molecule has 0 aromatic carbocycles. The molecular formula is C15H13N3O5. The van der Waals surface area contributed by atoms with Gasteiger partial charge in [-0.1, -0.05) is 12.2 Å². The summed E-state index contributed by atoms with van der Waals surface area (Å²) in [4.78, 5) is 34.9. The number of allylic oxidation sites excluding steroid dienone is 2. The third kappa shape index (κ3) is 2.01. The largest absolute Gasteiger partial charge is 0.433 e. The normalized spacial score (nSPS) is 32.1. The Hall–Kier alpha value is -2.77. The molecule has 1 saturated heterocycles. The molecule has 8 heteroatoms. The number of nitro groups is 1. The average Bonchev–Trinajstić information content (AvgIpc) is 3.13. The van der Waals surface area contributed by atoms with E-state index < -0.39 is 10.8 Å². The van der Waals surface area contributed by atoms with E-state index in [1.807, 2.05) is 12.2 Å². The maximum atomic E-state index is 12.5. The van der Waals surface area contributed by atoms with Gasteiger partial charge in [-0.3, -0.25) is 19.7 Å². The molecule has 1 aromatic rings. The Bertz CT molecular complexity index is 733. The van der Waals surface area contributed by atoms with E-state index in [0.717, 1.165) is 24.1 Å². The summed E-state index contributed by atoms with van der Waals surface area (Å²) in [6, 6.07) is 2.56. The average molecular weight is 315 g/mol. The van der Waals surface area contributed by atoms with Gasteiger partial charge in [0.2, 0.25) is 0 Å². The molecule has 8 nitrogen and oxygen atoms in total. The third-order valence-electron chi connectivity index (χ3n) is 4.83. The van der Waals surface area contributed by atoms with Crippen LogP contribution in [0.15, 0.2) is 33.8 Å². The summed E-state index contributed by atoms with van der Waals surface area (Å²) in [6.07, 6.45) is 7.06. The minimum atomic E-state index is -0.665. The van der Waals surface area contributed by atoms with Gasteiger partial charge in [-0.05, 0) is 30.7 Å². The van der Waals surface area contributed by atoms with E-state index in [2.05, 4.69) is 5.10 Å². The number of nitrogens with zero attached hydrogens (tertiary/aromatic N) is 3. The molecule has 4 atom stereocenters. The topological polar surface area (TPSA) is 106 Å². The Kier molecular flexibility index (Phi) is 2.93. The summed E-state index contributed by atoms with van der Waals surface area (Å²) in [6.45, 7) is 0. The van der Waals surface area contributed by atoms with Crippen LogP contribution in [0.25, 0.3) is 0 Å². The van der Waals surface area contributed by atoms with Crippen molar-refractivity contribution >= 4 is 23.9 Å². The molecule has 2 fully saturated rings. The SMILES string of the molecule is O=C1[C@@H]2[C@H](C(=O)N1/N=C\c1ccc([N+](=O)[O-])o1)[C@@H]1C=C[C@H]2CC1. The van der Waals surface area contributed by atoms with Crippen molar-refractivity contribution in [2.24, 2.45) is 28.8 Å². The molecule has 4 aliphatic rings. The van der Waals surface area contributed by atoms with Crippen LogP contribution in [0, 0.1) is 33.8 Å². The second kappa shape index (κ2) is 4.87. The third-order valence-corrected chi connectivity index (χ3v) is 4.83. The summed E-state index contributed by atoms with van der Waals surface area (Å²) >= 11 is 0. The van der Waals surface area contributed by atoms with Gasteiger partial charge < -0.3 is 4.42 Å². The predicted octanol–water partition coefficient (Wildman–Crippen LogP) is 1.72. The summed E-state index contributed by atoms with van der Waals surface area (Å²) in [7, 11) is 0. The van der Waals surface area contributed by atoms with Gasteiger partial charge in [0.15, 0.2) is 5.76 Å². The molecular weight excluding hydrogens is 302 g/mol. The lowest BCUT2D eigenvalue weighted by molar-refractivity contribution is -0.402. The zero-order valence-electron chi connectivity index (χ0n) is 12.0. The summed E-state index contributed by atoms with van der Waals surface area (Å²) in [5.41, 5.74) is 0. The molecule has 0 radical (unpaired) electrons. The van der Waals surface area contributed by atoms with E-state index in [9.17, 15) is 19.7 Å². The van der Waals surface area contributed by atoms with E-state index in [0.29, 0.717) is 0 Å². The lowest BCUT2D eigenvalue weighted by Crippen LogP contribution is -2.38. The van der Waals surface area contributed by atoms with Crippen molar-refractivity contribution in [1.29, 1.82) is 0 Å². The first-order valence-corrected chi connectivity index (χ1v) is 7.40. The standard InChI is InChI=1S/C15H13N3O5/c19-14-12-8-1-2-9(4-3-8)13(12)15(20)17(14)16-7-10-5-6-11(23-10)18(21)22/h1-2,5-9,12-13H,3-4H2/b16-7-/t8-,9+,12-,13+. The van der Waals surface area contributed by atoms with Gasteiger partial charge in [-0.25, -0.2) is 0 Å². The number of imide groups is 1. The fourth-order valence-corrected chi connectivity index (χ4v) is 3.80. The Balaban J connectivity index is 1.58. The number of hydrogen-bond donors (Lipinski definition) is 0. The van der Waals surface area contributed by atoms with Crippen LogP contribution in [0.1, 0.15) is 18.6 Å². The maximum Gasteiger partial charge on any atom is 0.433 e. The van der Waals surface area contributed by atoms with Crippen molar-refractivity contribution in [3.63, 3.8) is 0 Å². The van der Waals surface area contributed by atoms with Gasteiger partial charge in [0, 0.05) is 0 Å². The van der Waals surface area contributed by atoms with E-state index in [1.54, 1.807) is 0 Å². The van der Waals surface area contributed by atoms with Crippen molar-refractivity contribution < 1.29 is 18.9 Å². The van der Waals surface area contributed by atoms with Gasteiger partial charge in [0.1, 0.15) is 4.92 Å². The highest BCUT2D eigenvalue weighted by molar-refractivity contribution is 6.06. The molecule has 118 valence electrons. The first kappa shape index (κ1) is 13.9. The molecule has 3 aliphatic carbocycles. The second-order valence-corrected chi connectivity index (χ2v) is 6.01. The molecule has 1 aromatic heterocycles. The van der Waals surface area contributed by atoms with Gasteiger partial charge in [-0.2, -0.15) is 10.1 Å². The van der Waals surface area contributed by atoms with Crippen LogP contribution < -0.4 is 0 Å². The van der Waals surface area contributed by atoms with Crippen LogP contribution in [0.5, 0.6) is 0 Å². The zero-order chi connectivity index (χ0) is 16.1. The number of fused-ring (bicyclic) bond motifs is 1. The van der Waals surface area contributed by atoms with Crippen LogP contribution in [-0.2, 0) is 9.59 Å².